The molecule has 4 rings (SSSR count). The highest BCUT2D eigenvalue weighted by Crippen LogP contribution is 2.50. The van der Waals surface area contributed by atoms with Crippen LogP contribution < -0.4 is 5.32 Å². The number of aryl methyl sites for hydroxylation is 2. The molecule has 0 bridgehead atoms. The standard InChI is InChI=1S/C19H23N3O/c1-10-5-4-6-13-18(10)21-12(3)22-19(13)11(2)7-16(23)17-14-8-20-9-15(14)17/h4-6,11,14-15,17,20H,7-9H2,1-3H3/t11?,14-,15+,17?. The lowest BCUT2D eigenvalue weighted by molar-refractivity contribution is -0.121. The Bertz CT molecular complexity index is 776. The fourth-order valence-corrected chi connectivity index (χ4v) is 4.24. The minimum atomic E-state index is 0.141. The number of nitrogens with zero attached hydrogens (tertiary/aromatic N) is 2. The summed E-state index contributed by atoms with van der Waals surface area (Å²) in [6.45, 7) is 8.17. The number of carbonyl (C=O) groups excluding carboxylic acids is 1. The number of fused-ring (bicyclic) bond motifs is 2. The van der Waals surface area contributed by atoms with Crippen LogP contribution >= 0.6 is 0 Å². The normalized spacial score (nSPS) is 27.0. The highest BCUT2D eigenvalue weighted by molar-refractivity contribution is 5.88. The molecule has 2 fully saturated rings. The van der Waals surface area contributed by atoms with Crippen LogP contribution in [0, 0.1) is 31.6 Å². The number of hydrogen-bond acceptors (Lipinski definition) is 4. The Kier molecular flexibility index (Phi) is 3.45. The zero-order chi connectivity index (χ0) is 16.1. The Morgan fingerprint density at radius 2 is 2.00 bits per heavy atom. The number of benzene rings is 1. The minimum absolute atomic E-state index is 0.141. The van der Waals surface area contributed by atoms with E-state index in [9.17, 15) is 4.79 Å². The van der Waals surface area contributed by atoms with E-state index in [0.29, 0.717) is 30.0 Å². The molecule has 1 N–H and O–H groups in total. The van der Waals surface area contributed by atoms with Gasteiger partial charge in [0.05, 0.1) is 11.2 Å². The summed E-state index contributed by atoms with van der Waals surface area (Å²) >= 11 is 0. The first-order chi connectivity index (χ1) is 11.1. The van der Waals surface area contributed by atoms with Gasteiger partial charge in [-0.25, -0.2) is 9.97 Å². The largest absolute Gasteiger partial charge is 0.316 e. The molecule has 1 saturated heterocycles. The highest BCUT2D eigenvalue weighted by Gasteiger charge is 2.56. The SMILES string of the molecule is Cc1nc(C(C)CC(=O)C2[C@H]3CNC[C@@H]23)c2cccc(C)c2n1. The molecule has 0 amide bonds. The van der Waals surface area contributed by atoms with Crippen molar-refractivity contribution in [2.75, 3.05) is 13.1 Å². The zero-order valence-corrected chi connectivity index (χ0v) is 14.0. The number of rotatable bonds is 4. The first-order valence-corrected chi connectivity index (χ1v) is 8.53. The van der Waals surface area contributed by atoms with Gasteiger partial charge in [-0.2, -0.15) is 0 Å². The van der Waals surface area contributed by atoms with Crippen LogP contribution in [-0.4, -0.2) is 28.8 Å². The third-order valence-corrected chi connectivity index (χ3v) is 5.51. The van der Waals surface area contributed by atoms with Crippen molar-refractivity contribution in [1.29, 1.82) is 0 Å². The molecule has 1 saturated carbocycles. The van der Waals surface area contributed by atoms with Gasteiger partial charge in [0.15, 0.2) is 0 Å². The van der Waals surface area contributed by atoms with Crippen LogP contribution in [-0.2, 0) is 4.79 Å². The summed E-state index contributed by atoms with van der Waals surface area (Å²) < 4.78 is 0. The summed E-state index contributed by atoms with van der Waals surface area (Å²) in [4.78, 5) is 21.9. The fourth-order valence-electron chi connectivity index (χ4n) is 4.24. The van der Waals surface area contributed by atoms with Crippen molar-refractivity contribution >= 4 is 16.7 Å². The maximum Gasteiger partial charge on any atom is 0.137 e. The molecule has 23 heavy (non-hydrogen) atoms. The molecule has 1 aliphatic heterocycles. The van der Waals surface area contributed by atoms with Crippen molar-refractivity contribution in [3.63, 3.8) is 0 Å². The van der Waals surface area contributed by atoms with Crippen LogP contribution in [0.25, 0.3) is 10.9 Å². The molecular formula is C19H23N3O. The number of para-hydroxylation sites is 1. The van der Waals surface area contributed by atoms with Crippen LogP contribution in [0.2, 0.25) is 0 Å². The fraction of sp³-hybridized carbons (Fsp3) is 0.526. The lowest BCUT2D eigenvalue weighted by Gasteiger charge is -2.15. The Balaban J connectivity index is 1.61. The summed E-state index contributed by atoms with van der Waals surface area (Å²) in [6.07, 6.45) is 0.594. The molecule has 2 unspecified atom stereocenters. The van der Waals surface area contributed by atoms with Crippen molar-refractivity contribution in [2.45, 2.75) is 33.1 Å². The summed E-state index contributed by atoms with van der Waals surface area (Å²) in [6, 6.07) is 6.20. The molecule has 2 aromatic rings. The van der Waals surface area contributed by atoms with Gasteiger partial charge in [-0.1, -0.05) is 25.1 Å². The molecule has 2 heterocycles. The number of hydrogen-bond donors (Lipinski definition) is 1. The molecule has 0 radical (unpaired) electrons. The second kappa shape index (κ2) is 5.38. The van der Waals surface area contributed by atoms with Gasteiger partial charge in [0, 0.05) is 23.6 Å². The van der Waals surface area contributed by atoms with Gasteiger partial charge in [-0.15, -0.1) is 0 Å². The molecule has 120 valence electrons. The Morgan fingerprint density at radius 3 is 2.74 bits per heavy atom. The smallest absolute Gasteiger partial charge is 0.137 e. The topological polar surface area (TPSA) is 54.9 Å². The van der Waals surface area contributed by atoms with E-state index in [1.54, 1.807) is 0 Å². The highest BCUT2D eigenvalue weighted by atomic mass is 16.1. The van der Waals surface area contributed by atoms with Gasteiger partial charge in [0.25, 0.3) is 0 Å². The Morgan fingerprint density at radius 1 is 1.26 bits per heavy atom. The number of ketones is 1. The minimum Gasteiger partial charge on any atom is -0.316 e. The summed E-state index contributed by atoms with van der Waals surface area (Å²) in [5.74, 6) is 2.85. The summed E-state index contributed by atoms with van der Waals surface area (Å²) in [5.41, 5.74) is 3.20. The molecule has 2 aliphatic rings. The third kappa shape index (κ3) is 2.45. The number of aromatic nitrogens is 2. The summed E-state index contributed by atoms with van der Waals surface area (Å²) in [5, 5.41) is 4.45. The van der Waals surface area contributed by atoms with Crippen LogP contribution in [0.5, 0.6) is 0 Å². The van der Waals surface area contributed by atoms with Crippen LogP contribution in [0.3, 0.4) is 0 Å². The van der Waals surface area contributed by atoms with E-state index < -0.39 is 0 Å². The molecular weight excluding hydrogens is 286 g/mol. The predicted molar refractivity (Wildman–Crippen MR) is 90.4 cm³/mol. The van der Waals surface area contributed by atoms with E-state index >= 15 is 0 Å². The van der Waals surface area contributed by atoms with Gasteiger partial charge in [0.2, 0.25) is 0 Å². The third-order valence-electron chi connectivity index (χ3n) is 5.51. The second-order valence-corrected chi connectivity index (χ2v) is 7.21. The van der Waals surface area contributed by atoms with E-state index in [1.807, 2.05) is 13.0 Å². The van der Waals surface area contributed by atoms with E-state index in [4.69, 9.17) is 0 Å². The average molecular weight is 309 g/mol. The lowest BCUT2D eigenvalue weighted by Crippen LogP contribution is -2.20. The zero-order valence-electron chi connectivity index (χ0n) is 14.0. The average Bonchev–Trinajstić information content (AvgIpc) is 3.01. The lowest BCUT2D eigenvalue weighted by atomic mass is 9.94. The van der Waals surface area contributed by atoms with Crippen molar-refractivity contribution in [2.24, 2.45) is 17.8 Å². The van der Waals surface area contributed by atoms with Crippen molar-refractivity contribution < 1.29 is 4.79 Å². The first kappa shape index (κ1) is 14.8. The molecule has 4 atom stereocenters. The molecule has 4 nitrogen and oxygen atoms in total. The van der Waals surface area contributed by atoms with Crippen LogP contribution in [0.15, 0.2) is 18.2 Å². The number of Topliss-reactive ketones (excluding diaryl/α,β-unsaturated/α-hetero) is 1. The molecule has 4 heteroatoms. The maximum absolute atomic E-state index is 12.6. The molecule has 1 aromatic carbocycles. The maximum atomic E-state index is 12.6. The Hall–Kier alpha value is -1.81. The van der Waals surface area contributed by atoms with Crippen molar-refractivity contribution in [1.82, 2.24) is 15.3 Å². The van der Waals surface area contributed by atoms with Gasteiger partial charge < -0.3 is 5.32 Å². The Labute approximate surface area is 136 Å². The first-order valence-electron chi connectivity index (χ1n) is 8.53. The van der Waals surface area contributed by atoms with E-state index in [0.717, 1.165) is 41.1 Å². The van der Waals surface area contributed by atoms with Gasteiger partial charge in [-0.3, -0.25) is 4.79 Å². The van der Waals surface area contributed by atoms with Crippen molar-refractivity contribution in [3.8, 4) is 0 Å². The number of nitrogens with one attached hydrogen (secondary N) is 1. The molecule has 1 aliphatic carbocycles. The second-order valence-electron chi connectivity index (χ2n) is 7.21. The van der Waals surface area contributed by atoms with Gasteiger partial charge in [-0.05, 0) is 44.3 Å². The molecule has 0 spiro atoms. The number of piperidine rings is 1. The predicted octanol–water partition coefficient (Wildman–Crippen LogP) is 2.77. The van der Waals surface area contributed by atoms with Crippen LogP contribution in [0.4, 0.5) is 0 Å². The van der Waals surface area contributed by atoms with E-state index in [-0.39, 0.29) is 5.92 Å². The van der Waals surface area contributed by atoms with E-state index in [2.05, 4.69) is 41.3 Å². The monoisotopic (exact) mass is 309 g/mol. The van der Waals surface area contributed by atoms with Crippen LogP contribution in [0.1, 0.15) is 36.3 Å². The number of carbonyl (C=O) groups is 1. The van der Waals surface area contributed by atoms with Gasteiger partial charge in [0.1, 0.15) is 11.6 Å². The quantitative estimate of drug-likeness (QED) is 0.943. The van der Waals surface area contributed by atoms with E-state index in [1.165, 1.54) is 0 Å². The summed E-state index contributed by atoms with van der Waals surface area (Å²) in [7, 11) is 0. The molecule has 1 aromatic heterocycles. The van der Waals surface area contributed by atoms with Crippen molar-refractivity contribution in [3.05, 3.63) is 35.3 Å². The van der Waals surface area contributed by atoms with Gasteiger partial charge >= 0.3 is 0 Å².